The van der Waals surface area contributed by atoms with Gasteiger partial charge < -0.3 is 10.5 Å². The van der Waals surface area contributed by atoms with Crippen molar-refractivity contribution in [1.82, 2.24) is 14.3 Å². The Hall–Kier alpha value is -4.04. The van der Waals surface area contributed by atoms with Crippen molar-refractivity contribution in [1.29, 1.82) is 0 Å². The zero-order valence-electron chi connectivity index (χ0n) is 19.9. The molecule has 0 unspecified atom stereocenters. The van der Waals surface area contributed by atoms with Crippen LogP contribution in [0.4, 0.5) is 18.9 Å². The van der Waals surface area contributed by atoms with Gasteiger partial charge in [-0.25, -0.2) is 17.7 Å². The molecule has 3 aromatic rings. The van der Waals surface area contributed by atoms with Gasteiger partial charge in [-0.3, -0.25) is 19.5 Å². The second kappa shape index (κ2) is 10.5. The number of nitrogens with zero attached hydrogens (tertiary/aromatic N) is 4. The van der Waals surface area contributed by atoms with E-state index in [4.69, 9.17) is 10.5 Å². The summed E-state index contributed by atoms with van der Waals surface area (Å²) in [5.41, 5.74) is 4.07. The molecule has 0 saturated carbocycles. The average molecular weight is 538 g/mol. The highest BCUT2D eigenvalue weighted by atomic mass is 32.2. The van der Waals surface area contributed by atoms with Crippen LogP contribution in [0, 0.1) is 0 Å². The Bertz CT molecular complexity index is 1440. The van der Waals surface area contributed by atoms with Crippen LogP contribution in [-0.2, 0) is 21.0 Å². The van der Waals surface area contributed by atoms with E-state index < -0.39 is 50.6 Å². The number of alkyl halides is 3. The predicted molar refractivity (Wildman–Crippen MR) is 127 cm³/mol. The monoisotopic (exact) mass is 537 g/mol. The van der Waals surface area contributed by atoms with Gasteiger partial charge in [0.2, 0.25) is 21.8 Å². The minimum Gasteiger partial charge on any atom is -0.481 e. The van der Waals surface area contributed by atoms with Crippen molar-refractivity contribution in [2.24, 2.45) is 5.73 Å². The molecule has 0 atom stereocenters. The van der Waals surface area contributed by atoms with Crippen LogP contribution in [0.25, 0.3) is 11.1 Å². The smallest absolute Gasteiger partial charge is 0.416 e. The number of ether oxygens (including phenoxy) is 1. The van der Waals surface area contributed by atoms with Crippen LogP contribution in [0.3, 0.4) is 0 Å². The third-order valence-electron chi connectivity index (χ3n) is 5.16. The molecule has 0 aliphatic rings. The molecule has 0 fully saturated rings. The molecule has 2 amide bonds. The zero-order chi connectivity index (χ0) is 27.5. The van der Waals surface area contributed by atoms with E-state index in [0.717, 1.165) is 25.1 Å². The second-order valence-corrected chi connectivity index (χ2v) is 9.99. The fourth-order valence-corrected chi connectivity index (χ4v) is 4.38. The molecule has 0 radical (unpaired) electrons. The number of aromatic nitrogens is 2. The topological polar surface area (TPSA) is 136 Å². The van der Waals surface area contributed by atoms with Crippen LogP contribution in [0.1, 0.15) is 15.9 Å². The summed E-state index contributed by atoms with van der Waals surface area (Å²) >= 11 is 0. The number of rotatable bonds is 8. The van der Waals surface area contributed by atoms with Crippen molar-refractivity contribution in [3.63, 3.8) is 0 Å². The first-order valence-electron chi connectivity index (χ1n) is 10.5. The number of hydrogen-bond donors (Lipinski definition) is 1. The first-order valence-corrected chi connectivity index (χ1v) is 11.9. The summed E-state index contributed by atoms with van der Waals surface area (Å²) in [6.07, 6.45) is -0.896. The van der Waals surface area contributed by atoms with Gasteiger partial charge in [-0.2, -0.15) is 13.2 Å². The molecule has 2 N–H and O–H groups in total. The first-order chi connectivity index (χ1) is 17.3. The second-order valence-electron chi connectivity index (χ2n) is 7.84. The van der Waals surface area contributed by atoms with E-state index in [2.05, 4.69) is 9.97 Å². The molecule has 196 valence electrons. The van der Waals surface area contributed by atoms with Crippen molar-refractivity contribution in [2.45, 2.75) is 11.1 Å². The number of sulfonamides is 1. The Labute approximate surface area is 210 Å². The maximum atomic E-state index is 13.7. The average Bonchev–Trinajstić information content (AvgIpc) is 2.85. The summed E-state index contributed by atoms with van der Waals surface area (Å²) in [4.78, 5) is 33.7. The molecule has 0 spiro atoms. The van der Waals surface area contributed by atoms with Gasteiger partial charge >= 0.3 is 6.18 Å². The highest BCUT2D eigenvalue weighted by molar-refractivity contribution is 7.89. The summed E-state index contributed by atoms with van der Waals surface area (Å²) in [5, 5.41) is 0. The number of benzene rings is 1. The van der Waals surface area contributed by atoms with Gasteiger partial charge in [0.25, 0.3) is 5.91 Å². The number of methoxy groups -OCH3 is 1. The highest BCUT2D eigenvalue weighted by Gasteiger charge is 2.35. The SMILES string of the molecule is COc1ncccc1-c1ccncc1N(CC(N)=O)C(=O)c1cc(C(F)(F)F)cc(S(=O)(=O)N(C)C)c1. The molecule has 1 aromatic carbocycles. The molecule has 14 heteroatoms. The summed E-state index contributed by atoms with van der Waals surface area (Å²) in [6, 6.07) is 6.44. The molecule has 2 heterocycles. The summed E-state index contributed by atoms with van der Waals surface area (Å²) in [7, 11) is -0.709. The maximum absolute atomic E-state index is 13.7. The first kappa shape index (κ1) is 27.5. The summed E-state index contributed by atoms with van der Waals surface area (Å²) in [5.74, 6) is -1.92. The van der Waals surface area contributed by atoms with Crippen LogP contribution in [0.15, 0.2) is 59.9 Å². The molecule has 0 bridgehead atoms. The molecule has 2 aromatic heterocycles. The number of pyridine rings is 2. The van der Waals surface area contributed by atoms with Gasteiger partial charge in [-0.15, -0.1) is 0 Å². The maximum Gasteiger partial charge on any atom is 0.416 e. The van der Waals surface area contributed by atoms with Gasteiger partial charge in [0.05, 0.1) is 29.5 Å². The van der Waals surface area contributed by atoms with E-state index in [1.54, 1.807) is 12.1 Å². The fourth-order valence-electron chi connectivity index (χ4n) is 3.41. The largest absolute Gasteiger partial charge is 0.481 e. The number of carbonyl (C=O) groups excluding carboxylic acids is 2. The Balaban J connectivity index is 2.26. The minimum atomic E-state index is -4.97. The van der Waals surface area contributed by atoms with E-state index in [1.807, 2.05) is 0 Å². The van der Waals surface area contributed by atoms with Gasteiger partial charge in [-0.1, -0.05) is 0 Å². The van der Waals surface area contributed by atoms with Crippen LogP contribution in [0.5, 0.6) is 5.88 Å². The van der Waals surface area contributed by atoms with Crippen molar-refractivity contribution in [3.05, 3.63) is 66.1 Å². The molecular formula is C23H22F3N5O5S. The predicted octanol–water partition coefficient (Wildman–Crippen LogP) is 2.55. The van der Waals surface area contributed by atoms with Crippen LogP contribution in [-0.4, -0.2) is 62.3 Å². The van der Waals surface area contributed by atoms with E-state index >= 15 is 0 Å². The Morgan fingerprint density at radius 2 is 1.78 bits per heavy atom. The molecule has 37 heavy (non-hydrogen) atoms. The van der Waals surface area contributed by atoms with Crippen LogP contribution >= 0.6 is 0 Å². The van der Waals surface area contributed by atoms with Crippen molar-refractivity contribution >= 4 is 27.5 Å². The highest BCUT2D eigenvalue weighted by Crippen LogP contribution is 2.37. The molecule has 0 saturated heterocycles. The van der Waals surface area contributed by atoms with Gasteiger partial charge in [0.15, 0.2) is 0 Å². The lowest BCUT2D eigenvalue weighted by molar-refractivity contribution is -0.137. The number of hydrogen-bond acceptors (Lipinski definition) is 7. The third kappa shape index (κ3) is 5.86. The van der Waals surface area contributed by atoms with Gasteiger partial charge in [0.1, 0.15) is 6.54 Å². The van der Waals surface area contributed by atoms with E-state index in [9.17, 15) is 31.2 Å². The van der Waals surface area contributed by atoms with E-state index in [-0.39, 0.29) is 11.6 Å². The molecule has 10 nitrogen and oxygen atoms in total. The van der Waals surface area contributed by atoms with E-state index in [1.165, 1.54) is 31.8 Å². The third-order valence-corrected chi connectivity index (χ3v) is 6.96. The fraction of sp³-hybridized carbons (Fsp3) is 0.217. The normalized spacial score (nSPS) is 11.9. The minimum absolute atomic E-state index is 0.00651. The van der Waals surface area contributed by atoms with Crippen molar-refractivity contribution in [3.8, 4) is 17.0 Å². The van der Waals surface area contributed by atoms with Gasteiger partial charge in [-0.05, 0) is 36.4 Å². The Morgan fingerprint density at radius 1 is 1.08 bits per heavy atom. The number of anilines is 1. The zero-order valence-corrected chi connectivity index (χ0v) is 20.7. The number of carbonyl (C=O) groups is 2. The number of nitrogens with two attached hydrogens (primary N) is 1. The number of amides is 2. The van der Waals surface area contributed by atoms with Crippen LogP contribution < -0.4 is 15.4 Å². The quantitative estimate of drug-likeness (QED) is 0.466. The lowest BCUT2D eigenvalue weighted by Gasteiger charge is -2.25. The van der Waals surface area contributed by atoms with Crippen LogP contribution in [0.2, 0.25) is 0 Å². The number of halogens is 3. The summed E-state index contributed by atoms with van der Waals surface area (Å²) < 4.78 is 72.3. The van der Waals surface area contributed by atoms with E-state index in [0.29, 0.717) is 27.6 Å². The van der Waals surface area contributed by atoms with Crippen molar-refractivity contribution < 1.29 is 35.9 Å². The standard InChI is InChI=1S/C23H22F3N5O5S/c1-30(2)37(34,35)16-10-14(9-15(11-16)23(24,25)26)22(33)31(13-20(27)32)19-12-28-8-6-17(19)18-5-4-7-29-21(18)36-3/h4-12H,13H2,1-3H3,(H2,27,32). The molecule has 0 aliphatic heterocycles. The van der Waals surface area contributed by atoms with Crippen molar-refractivity contribution in [2.75, 3.05) is 32.6 Å². The number of primary amides is 1. The van der Waals surface area contributed by atoms with Gasteiger partial charge in [0, 0.05) is 43.2 Å². The summed E-state index contributed by atoms with van der Waals surface area (Å²) in [6.45, 7) is -0.744. The lowest BCUT2D eigenvalue weighted by atomic mass is 10.0. The molecular weight excluding hydrogens is 515 g/mol. The molecule has 3 rings (SSSR count). The Kier molecular flexibility index (Phi) is 7.83. The lowest BCUT2D eigenvalue weighted by Crippen LogP contribution is -2.39. The Morgan fingerprint density at radius 3 is 2.38 bits per heavy atom. The molecule has 0 aliphatic carbocycles.